The molecule has 88 valence electrons. The molecule has 1 unspecified atom stereocenters. The summed E-state index contributed by atoms with van der Waals surface area (Å²) in [6, 6.07) is 9.11. The molecule has 2 aromatic rings. The lowest BCUT2D eigenvalue weighted by Gasteiger charge is -2.14. The van der Waals surface area contributed by atoms with Crippen LogP contribution in [-0.4, -0.2) is 4.98 Å². The van der Waals surface area contributed by atoms with Crippen LogP contribution in [0.5, 0.6) is 0 Å². The van der Waals surface area contributed by atoms with Crippen molar-refractivity contribution in [3.8, 4) is 0 Å². The van der Waals surface area contributed by atoms with E-state index in [1.165, 1.54) is 18.2 Å². The van der Waals surface area contributed by atoms with E-state index in [0.29, 0.717) is 5.82 Å². The third-order valence-corrected chi connectivity index (χ3v) is 2.44. The Morgan fingerprint density at radius 1 is 1.12 bits per heavy atom. The number of aromatic nitrogens is 1. The zero-order valence-corrected chi connectivity index (χ0v) is 9.32. The molecule has 0 bridgehead atoms. The molecule has 2 nitrogen and oxygen atoms in total. The van der Waals surface area contributed by atoms with Crippen molar-refractivity contribution >= 4 is 5.82 Å². The molecule has 1 aromatic heterocycles. The van der Waals surface area contributed by atoms with Crippen molar-refractivity contribution < 1.29 is 8.78 Å². The van der Waals surface area contributed by atoms with E-state index in [1.807, 2.05) is 13.0 Å². The minimum Gasteiger partial charge on any atom is -0.364 e. The Kier molecular flexibility index (Phi) is 3.32. The van der Waals surface area contributed by atoms with Crippen LogP contribution in [0.25, 0.3) is 0 Å². The minimum atomic E-state index is -0.381. The van der Waals surface area contributed by atoms with Crippen LogP contribution < -0.4 is 5.32 Å². The molecule has 0 saturated heterocycles. The third-order valence-electron chi connectivity index (χ3n) is 2.44. The summed E-state index contributed by atoms with van der Waals surface area (Å²) in [7, 11) is 0. The molecule has 0 amide bonds. The SMILES string of the molecule is CC(Nc1ccc(F)cn1)c1cccc(F)c1. The average Bonchev–Trinajstić information content (AvgIpc) is 2.32. The predicted molar refractivity (Wildman–Crippen MR) is 62.6 cm³/mol. The number of nitrogens with one attached hydrogen (secondary N) is 1. The summed E-state index contributed by atoms with van der Waals surface area (Å²) in [5.74, 6) is -0.0969. The Labute approximate surface area is 98.3 Å². The highest BCUT2D eigenvalue weighted by Gasteiger charge is 2.06. The van der Waals surface area contributed by atoms with E-state index in [1.54, 1.807) is 12.1 Å². The van der Waals surface area contributed by atoms with Crippen LogP contribution in [0.15, 0.2) is 42.6 Å². The zero-order valence-electron chi connectivity index (χ0n) is 9.32. The second kappa shape index (κ2) is 4.91. The fourth-order valence-electron chi connectivity index (χ4n) is 1.54. The average molecular weight is 234 g/mol. The van der Waals surface area contributed by atoms with Crippen LogP contribution in [0.1, 0.15) is 18.5 Å². The number of halogens is 2. The highest BCUT2D eigenvalue weighted by Crippen LogP contribution is 2.18. The van der Waals surface area contributed by atoms with E-state index >= 15 is 0 Å². The van der Waals surface area contributed by atoms with Crippen LogP contribution >= 0.6 is 0 Å². The second-order valence-electron chi connectivity index (χ2n) is 3.78. The molecule has 1 heterocycles. The summed E-state index contributed by atoms with van der Waals surface area (Å²) in [5, 5.41) is 3.07. The lowest BCUT2D eigenvalue weighted by Crippen LogP contribution is -2.08. The van der Waals surface area contributed by atoms with Gasteiger partial charge in [0.1, 0.15) is 17.5 Å². The van der Waals surface area contributed by atoms with Crippen LogP contribution in [-0.2, 0) is 0 Å². The van der Waals surface area contributed by atoms with E-state index in [4.69, 9.17) is 0 Å². The van der Waals surface area contributed by atoms with Gasteiger partial charge >= 0.3 is 0 Å². The summed E-state index contributed by atoms with van der Waals surface area (Å²) in [5.41, 5.74) is 0.816. The number of hydrogen-bond donors (Lipinski definition) is 1. The summed E-state index contributed by atoms with van der Waals surface area (Å²) in [6.45, 7) is 1.89. The number of nitrogens with zero attached hydrogens (tertiary/aromatic N) is 1. The lowest BCUT2D eigenvalue weighted by atomic mass is 10.1. The molecule has 0 aliphatic rings. The van der Waals surface area contributed by atoms with Gasteiger partial charge in [0.2, 0.25) is 0 Å². The van der Waals surface area contributed by atoms with Crippen LogP contribution in [0.2, 0.25) is 0 Å². The molecule has 0 aliphatic heterocycles. The Hall–Kier alpha value is -1.97. The molecule has 0 fully saturated rings. The first-order valence-electron chi connectivity index (χ1n) is 5.29. The van der Waals surface area contributed by atoms with E-state index in [0.717, 1.165) is 11.8 Å². The normalized spacial score (nSPS) is 12.2. The van der Waals surface area contributed by atoms with Gasteiger partial charge < -0.3 is 5.32 Å². The highest BCUT2D eigenvalue weighted by atomic mass is 19.1. The van der Waals surface area contributed by atoms with Crippen molar-refractivity contribution in [3.05, 3.63) is 59.8 Å². The summed E-state index contributed by atoms with van der Waals surface area (Å²) in [4.78, 5) is 3.89. The molecule has 1 aromatic carbocycles. The van der Waals surface area contributed by atoms with Crippen LogP contribution in [0.4, 0.5) is 14.6 Å². The molecule has 4 heteroatoms. The molecule has 2 rings (SSSR count). The third kappa shape index (κ3) is 3.00. The number of anilines is 1. The molecule has 0 spiro atoms. The number of benzene rings is 1. The smallest absolute Gasteiger partial charge is 0.141 e. The van der Waals surface area contributed by atoms with Crippen molar-refractivity contribution in [1.82, 2.24) is 4.98 Å². The van der Waals surface area contributed by atoms with Crippen LogP contribution in [0.3, 0.4) is 0 Å². The molecule has 0 saturated carbocycles. The van der Waals surface area contributed by atoms with Gasteiger partial charge in [0.05, 0.1) is 12.2 Å². The monoisotopic (exact) mass is 234 g/mol. The minimum absolute atomic E-state index is 0.0938. The lowest BCUT2D eigenvalue weighted by molar-refractivity contribution is 0.621. The summed E-state index contributed by atoms with van der Waals surface area (Å²) >= 11 is 0. The highest BCUT2D eigenvalue weighted by molar-refractivity contribution is 5.37. The van der Waals surface area contributed by atoms with Crippen molar-refractivity contribution in [3.63, 3.8) is 0 Å². The first-order chi connectivity index (χ1) is 8.15. The molecule has 0 aliphatic carbocycles. The molecular formula is C13H12F2N2. The van der Waals surface area contributed by atoms with Crippen molar-refractivity contribution in [1.29, 1.82) is 0 Å². The van der Waals surface area contributed by atoms with E-state index in [9.17, 15) is 8.78 Å². The fraction of sp³-hybridized carbons (Fsp3) is 0.154. The van der Waals surface area contributed by atoms with Crippen molar-refractivity contribution in [2.45, 2.75) is 13.0 Å². The maximum Gasteiger partial charge on any atom is 0.141 e. The Bertz CT molecular complexity index is 497. The summed E-state index contributed by atoms with van der Waals surface area (Å²) < 4.78 is 25.7. The molecule has 17 heavy (non-hydrogen) atoms. The standard InChI is InChI=1S/C13H12F2N2/c1-9(10-3-2-4-11(14)7-10)17-13-6-5-12(15)8-16-13/h2-9H,1H3,(H,16,17). The largest absolute Gasteiger partial charge is 0.364 e. The second-order valence-corrected chi connectivity index (χ2v) is 3.78. The maximum absolute atomic E-state index is 13.0. The van der Waals surface area contributed by atoms with E-state index in [-0.39, 0.29) is 17.7 Å². The molecular weight excluding hydrogens is 222 g/mol. The van der Waals surface area contributed by atoms with Gasteiger partial charge in [-0.05, 0) is 36.8 Å². The molecule has 1 atom stereocenters. The Morgan fingerprint density at radius 2 is 1.94 bits per heavy atom. The topological polar surface area (TPSA) is 24.9 Å². The van der Waals surface area contributed by atoms with Gasteiger partial charge in [-0.2, -0.15) is 0 Å². The zero-order chi connectivity index (χ0) is 12.3. The van der Waals surface area contributed by atoms with Gasteiger partial charge in [0.15, 0.2) is 0 Å². The Balaban J connectivity index is 2.11. The van der Waals surface area contributed by atoms with Crippen LogP contribution in [0, 0.1) is 11.6 Å². The Morgan fingerprint density at radius 3 is 2.59 bits per heavy atom. The van der Waals surface area contributed by atoms with Crippen molar-refractivity contribution in [2.75, 3.05) is 5.32 Å². The maximum atomic E-state index is 13.0. The summed E-state index contributed by atoms with van der Waals surface area (Å²) in [6.07, 6.45) is 1.14. The van der Waals surface area contributed by atoms with Crippen molar-refractivity contribution in [2.24, 2.45) is 0 Å². The van der Waals surface area contributed by atoms with Gasteiger partial charge in [-0.15, -0.1) is 0 Å². The number of rotatable bonds is 3. The predicted octanol–water partition coefficient (Wildman–Crippen LogP) is 3.53. The number of hydrogen-bond acceptors (Lipinski definition) is 2. The molecule has 1 N–H and O–H groups in total. The van der Waals surface area contributed by atoms with Gasteiger partial charge in [0.25, 0.3) is 0 Å². The number of pyridine rings is 1. The first kappa shape index (κ1) is 11.5. The first-order valence-corrected chi connectivity index (χ1v) is 5.29. The van der Waals surface area contributed by atoms with E-state index in [2.05, 4.69) is 10.3 Å². The quantitative estimate of drug-likeness (QED) is 0.878. The molecule has 0 radical (unpaired) electrons. The van der Waals surface area contributed by atoms with Gasteiger partial charge in [-0.3, -0.25) is 0 Å². The van der Waals surface area contributed by atoms with Gasteiger partial charge in [-0.25, -0.2) is 13.8 Å². The van der Waals surface area contributed by atoms with Gasteiger partial charge in [0, 0.05) is 0 Å². The van der Waals surface area contributed by atoms with Gasteiger partial charge in [-0.1, -0.05) is 12.1 Å². The fourth-order valence-corrected chi connectivity index (χ4v) is 1.54. The van der Waals surface area contributed by atoms with E-state index < -0.39 is 0 Å².